The van der Waals surface area contributed by atoms with Crippen LogP contribution in [0.25, 0.3) is 0 Å². The van der Waals surface area contributed by atoms with E-state index in [-0.39, 0.29) is 29.9 Å². The average Bonchev–Trinajstić information content (AvgIpc) is 2.56. The molecule has 1 aliphatic carbocycles. The van der Waals surface area contributed by atoms with Crippen molar-refractivity contribution >= 4 is 35.8 Å². The van der Waals surface area contributed by atoms with Crippen LogP contribution in [0.4, 0.5) is 0 Å². The van der Waals surface area contributed by atoms with E-state index >= 15 is 0 Å². The predicted molar refractivity (Wildman–Crippen MR) is 108 cm³/mol. The lowest BCUT2D eigenvalue weighted by atomic mass is 9.67. The highest BCUT2D eigenvalue weighted by molar-refractivity contribution is 14.0. The number of carbonyl (C=O) groups is 1. The number of nitrogens with zero attached hydrogens (tertiary/aromatic N) is 2. The minimum Gasteiger partial charge on any atom is -0.356 e. The molecule has 1 saturated carbocycles. The number of pyridine rings is 1. The quantitative estimate of drug-likeness (QED) is 0.260. The molecule has 2 rings (SSSR count). The van der Waals surface area contributed by atoms with E-state index in [1.807, 2.05) is 0 Å². The molecule has 0 atom stereocenters. The number of carbonyl (C=O) groups excluding carboxylic acids is 1. The molecule has 0 bridgehead atoms. The Hall–Kier alpha value is -1.38. The van der Waals surface area contributed by atoms with Crippen molar-refractivity contribution in [2.45, 2.75) is 32.6 Å². The van der Waals surface area contributed by atoms with Crippen molar-refractivity contribution in [3.05, 3.63) is 30.1 Å². The first-order valence-corrected chi connectivity index (χ1v) is 8.32. The van der Waals surface area contributed by atoms with E-state index in [9.17, 15) is 4.79 Å². The van der Waals surface area contributed by atoms with Crippen molar-refractivity contribution in [1.29, 1.82) is 0 Å². The number of hydrogen-bond acceptors (Lipinski definition) is 3. The van der Waals surface area contributed by atoms with Gasteiger partial charge in [0.25, 0.3) is 5.91 Å². The molecule has 6 nitrogen and oxygen atoms in total. The van der Waals surface area contributed by atoms with Crippen LogP contribution in [0.15, 0.2) is 29.5 Å². The van der Waals surface area contributed by atoms with Gasteiger partial charge in [-0.05, 0) is 36.8 Å². The van der Waals surface area contributed by atoms with Gasteiger partial charge in [-0.2, -0.15) is 0 Å². The van der Waals surface area contributed by atoms with E-state index in [4.69, 9.17) is 0 Å². The lowest BCUT2D eigenvalue weighted by Crippen LogP contribution is -2.47. The normalized spacial score (nSPS) is 15.7. The van der Waals surface area contributed by atoms with Crippen molar-refractivity contribution in [3.8, 4) is 0 Å². The van der Waals surface area contributed by atoms with Gasteiger partial charge in [0.1, 0.15) is 0 Å². The van der Waals surface area contributed by atoms with E-state index < -0.39 is 0 Å². The number of nitrogens with one attached hydrogen (secondary N) is 3. The van der Waals surface area contributed by atoms with Crippen LogP contribution in [0.3, 0.4) is 0 Å². The third-order valence-electron chi connectivity index (χ3n) is 4.65. The first kappa shape index (κ1) is 20.7. The molecule has 3 N–H and O–H groups in total. The van der Waals surface area contributed by atoms with E-state index in [1.165, 1.54) is 25.7 Å². The number of halogens is 1. The van der Waals surface area contributed by atoms with Gasteiger partial charge in [0.2, 0.25) is 0 Å². The maximum atomic E-state index is 11.9. The summed E-state index contributed by atoms with van der Waals surface area (Å²) < 4.78 is 0. The molecular formula is C17H28IN5O. The van der Waals surface area contributed by atoms with Gasteiger partial charge in [0.15, 0.2) is 5.96 Å². The molecule has 1 aliphatic rings. The summed E-state index contributed by atoms with van der Waals surface area (Å²) in [6, 6.07) is 3.50. The average molecular weight is 445 g/mol. The molecule has 1 aromatic rings. The number of aromatic nitrogens is 1. The molecular weight excluding hydrogens is 417 g/mol. The first-order chi connectivity index (χ1) is 11.2. The topological polar surface area (TPSA) is 78.4 Å². The molecule has 1 aromatic heterocycles. The van der Waals surface area contributed by atoms with Gasteiger partial charge in [-0.3, -0.25) is 14.8 Å². The van der Waals surface area contributed by atoms with Gasteiger partial charge in [-0.15, -0.1) is 24.0 Å². The summed E-state index contributed by atoms with van der Waals surface area (Å²) in [5.41, 5.74) is 1.02. The fraction of sp³-hybridized carbons (Fsp3) is 0.588. The Morgan fingerprint density at radius 3 is 2.58 bits per heavy atom. The summed E-state index contributed by atoms with van der Waals surface area (Å²) in [6.45, 7) is 4.38. The third kappa shape index (κ3) is 5.92. The summed E-state index contributed by atoms with van der Waals surface area (Å²) in [5.74, 6) is 0.683. The molecule has 0 spiro atoms. The Kier molecular flexibility index (Phi) is 9.02. The zero-order valence-corrected chi connectivity index (χ0v) is 16.8. The van der Waals surface area contributed by atoms with Crippen LogP contribution in [0, 0.1) is 5.41 Å². The van der Waals surface area contributed by atoms with E-state index in [0.29, 0.717) is 24.1 Å². The molecule has 1 amide bonds. The number of rotatable bonds is 7. The van der Waals surface area contributed by atoms with E-state index in [1.54, 1.807) is 31.6 Å². The fourth-order valence-corrected chi connectivity index (χ4v) is 2.78. The number of hydrogen-bond donors (Lipinski definition) is 3. The van der Waals surface area contributed by atoms with Crippen molar-refractivity contribution < 1.29 is 4.79 Å². The first-order valence-electron chi connectivity index (χ1n) is 8.32. The zero-order chi connectivity index (χ0) is 16.5. The minimum absolute atomic E-state index is 0. The smallest absolute Gasteiger partial charge is 0.252 e. The van der Waals surface area contributed by atoms with Gasteiger partial charge in [0, 0.05) is 39.1 Å². The molecule has 24 heavy (non-hydrogen) atoms. The Labute approximate surface area is 161 Å². The number of aliphatic imine (C=N–C) groups is 1. The fourth-order valence-electron chi connectivity index (χ4n) is 2.78. The van der Waals surface area contributed by atoms with Gasteiger partial charge >= 0.3 is 0 Å². The maximum absolute atomic E-state index is 11.9. The van der Waals surface area contributed by atoms with Gasteiger partial charge < -0.3 is 16.0 Å². The molecule has 134 valence electrons. The number of guanidine groups is 1. The van der Waals surface area contributed by atoms with Crippen LogP contribution >= 0.6 is 24.0 Å². The van der Waals surface area contributed by atoms with E-state index in [2.05, 4.69) is 32.9 Å². The summed E-state index contributed by atoms with van der Waals surface area (Å²) in [6.07, 6.45) is 8.36. The summed E-state index contributed by atoms with van der Waals surface area (Å²) in [5, 5.41) is 9.49. The van der Waals surface area contributed by atoms with Gasteiger partial charge in [-0.25, -0.2) is 0 Å². The van der Waals surface area contributed by atoms with Crippen LogP contribution in [0.5, 0.6) is 0 Å². The van der Waals surface area contributed by atoms with Crippen molar-refractivity contribution in [1.82, 2.24) is 20.9 Å². The molecule has 7 heteroatoms. The zero-order valence-electron chi connectivity index (χ0n) is 14.5. The lowest BCUT2D eigenvalue weighted by molar-refractivity contribution is 0.0954. The van der Waals surface area contributed by atoms with Crippen molar-refractivity contribution in [2.24, 2.45) is 10.4 Å². The lowest BCUT2D eigenvalue weighted by Gasteiger charge is -2.41. The second-order valence-electron chi connectivity index (χ2n) is 6.06. The summed E-state index contributed by atoms with van der Waals surface area (Å²) >= 11 is 0. The summed E-state index contributed by atoms with van der Waals surface area (Å²) in [7, 11) is 1.77. The van der Waals surface area contributed by atoms with Crippen LogP contribution in [-0.4, -0.2) is 43.5 Å². The Bertz CT molecular complexity index is 526. The maximum Gasteiger partial charge on any atom is 0.252 e. The van der Waals surface area contributed by atoms with Crippen LogP contribution < -0.4 is 16.0 Å². The Morgan fingerprint density at radius 1 is 1.29 bits per heavy atom. The van der Waals surface area contributed by atoms with Crippen LogP contribution in [0.2, 0.25) is 0 Å². The SMILES string of the molecule is CCC1(CNC(=NC)NCCNC(=O)c2cccnc2)CCC1.I. The highest BCUT2D eigenvalue weighted by atomic mass is 127. The molecule has 1 heterocycles. The Balaban J connectivity index is 0.00000288. The van der Waals surface area contributed by atoms with E-state index in [0.717, 1.165) is 12.5 Å². The Morgan fingerprint density at radius 2 is 2.04 bits per heavy atom. The monoisotopic (exact) mass is 445 g/mol. The van der Waals surface area contributed by atoms with Crippen molar-refractivity contribution in [3.63, 3.8) is 0 Å². The van der Waals surface area contributed by atoms with Crippen LogP contribution in [0.1, 0.15) is 43.0 Å². The molecule has 0 radical (unpaired) electrons. The molecule has 0 unspecified atom stereocenters. The van der Waals surface area contributed by atoms with Gasteiger partial charge in [0.05, 0.1) is 5.56 Å². The highest BCUT2D eigenvalue weighted by Crippen LogP contribution is 2.42. The largest absolute Gasteiger partial charge is 0.356 e. The standard InChI is InChI=1S/C17H27N5O.HI/c1-3-17(7-5-8-17)13-22-16(18-2)21-11-10-20-15(23)14-6-4-9-19-12-14;/h4,6,9,12H,3,5,7-8,10-11,13H2,1-2H3,(H,20,23)(H2,18,21,22);1H. The second kappa shape index (κ2) is 10.5. The highest BCUT2D eigenvalue weighted by Gasteiger charge is 2.34. The van der Waals surface area contributed by atoms with Crippen LogP contribution in [-0.2, 0) is 0 Å². The second-order valence-corrected chi connectivity index (χ2v) is 6.06. The number of amides is 1. The van der Waals surface area contributed by atoms with Crippen molar-refractivity contribution in [2.75, 3.05) is 26.7 Å². The molecule has 0 aliphatic heterocycles. The third-order valence-corrected chi connectivity index (χ3v) is 4.65. The minimum atomic E-state index is -0.109. The molecule has 0 aromatic carbocycles. The molecule has 0 saturated heterocycles. The molecule has 1 fully saturated rings. The predicted octanol–water partition coefficient (Wildman–Crippen LogP) is 2.17. The van der Waals surface area contributed by atoms with Gasteiger partial charge in [-0.1, -0.05) is 13.3 Å². The summed E-state index contributed by atoms with van der Waals surface area (Å²) in [4.78, 5) is 20.0.